The van der Waals surface area contributed by atoms with Crippen LogP contribution in [0.1, 0.15) is 0 Å². The summed E-state index contributed by atoms with van der Waals surface area (Å²) in [5.74, 6) is 0. The van der Waals surface area contributed by atoms with Gasteiger partial charge in [-0.25, -0.2) is 0 Å². The molecule has 0 aromatic heterocycles. The summed E-state index contributed by atoms with van der Waals surface area (Å²) in [6.07, 6.45) is 0. The third-order valence-electron chi connectivity index (χ3n) is 1.83. The van der Waals surface area contributed by atoms with E-state index in [4.69, 9.17) is 69.6 Å². The summed E-state index contributed by atoms with van der Waals surface area (Å²) in [6, 6.07) is 0. The summed E-state index contributed by atoms with van der Waals surface area (Å²) in [5.41, 5.74) is 0. The van der Waals surface area contributed by atoms with Crippen LogP contribution in [0.5, 0.6) is 0 Å². The zero-order chi connectivity index (χ0) is 9.46. The molecule has 0 aliphatic heterocycles. The van der Waals surface area contributed by atoms with E-state index in [9.17, 15) is 0 Å². The van der Waals surface area contributed by atoms with E-state index in [0.717, 1.165) is 0 Å². The molecule has 1 aliphatic rings. The molecule has 0 N–H and O–H groups in total. The average Bonchev–Trinajstić information content (AvgIpc) is 2.08. The predicted octanol–water partition coefficient (Wildman–Crippen LogP) is 3.64. The van der Waals surface area contributed by atoms with Gasteiger partial charge in [-0.1, -0.05) is 0 Å². The van der Waals surface area contributed by atoms with Crippen LogP contribution in [-0.4, -0.2) is 32.3 Å². The first kappa shape index (κ1) is 15.5. The molecule has 1 aliphatic carbocycles. The molecule has 0 nitrogen and oxygen atoms in total. The Kier molecular flexibility index (Phi) is 7.47. The first-order valence-electron chi connectivity index (χ1n) is 3.31. The molecule has 1 rings (SSSR count). The molecule has 0 aromatic carbocycles. The Morgan fingerprint density at radius 2 is 0.462 bits per heavy atom. The molecule has 0 spiro atoms. The fourth-order valence-electron chi connectivity index (χ4n) is 1.05. The molecule has 13 heavy (non-hydrogen) atoms. The Morgan fingerprint density at radius 3 is 0.538 bits per heavy atom. The summed E-state index contributed by atoms with van der Waals surface area (Å²) in [6.45, 7) is 0. The van der Waals surface area contributed by atoms with Crippen molar-refractivity contribution in [2.45, 2.75) is 32.3 Å². The summed E-state index contributed by atoms with van der Waals surface area (Å²) in [4.78, 5) is 0. The summed E-state index contributed by atoms with van der Waals surface area (Å²) >= 11 is 35.3. The largest absolute Gasteiger partial charge is 0.120 e. The van der Waals surface area contributed by atoms with Crippen molar-refractivity contribution in [1.29, 1.82) is 0 Å². The van der Waals surface area contributed by atoms with Gasteiger partial charge in [-0.2, -0.15) is 0 Å². The molecule has 0 heterocycles. The maximum absolute atomic E-state index is 5.88. The molecule has 0 atom stereocenters. The van der Waals surface area contributed by atoms with Crippen molar-refractivity contribution in [3.63, 3.8) is 0 Å². The predicted molar refractivity (Wildman–Crippen MR) is 57.8 cm³/mol. The van der Waals surface area contributed by atoms with Gasteiger partial charge >= 0.3 is 0 Å². The number of rotatable bonds is 0. The van der Waals surface area contributed by atoms with Crippen molar-refractivity contribution < 1.29 is 22.4 Å². The monoisotopic (exact) mass is 395 g/mol. The first-order chi connectivity index (χ1) is 5.46. The molecule has 83 valence electrons. The first-order valence-corrected chi connectivity index (χ1v) is 5.93. The van der Waals surface area contributed by atoms with E-state index in [2.05, 4.69) is 0 Å². The van der Waals surface area contributed by atoms with Crippen LogP contribution in [0.25, 0.3) is 0 Å². The smallest absolute Gasteiger partial charge is 0.0693 e. The van der Waals surface area contributed by atoms with Crippen LogP contribution < -0.4 is 0 Å². The Morgan fingerprint density at radius 1 is 0.385 bits per heavy atom. The quantitative estimate of drug-likeness (QED) is 0.432. The third kappa shape index (κ3) is 3.22. The molecule has 0 bridgehead atoms. The second-order valence-corrected chi connectivity index (χ2v) is 5.69. The third-order valence-corrected chi connectivity index (χ3v) is 5.86. The van der Waals surface area contributed by atoms with E-state index in [1.807, 2.05) is 0 Å². The molecule has 7 heteroatoms. The van der Waals surface area contributed by atoms with Gasteiger partial charge in [-0.15, -0.1) is 69.6 Å². The minimum absolute atomic E-state index is 0. The normalized spacial score (nSPS) is 51.2. The zero-order valence-electron chi connectivity index (χ0n) is 6.03. The van der Waals surface area contributed by atoms with Crippen molar-refractivity contribution in [3.8, 4) is 0 Å². The van der Waals surface area contributed by atoms with Crippen LogP contribution in [0.15, 0.2) is 0 Å². The summed E-state index contributed by atoms with van der Waals surface area (Å²) in [7, 11) is 0. The van der Waals surface area contributed by atoms with Crippen LogP contribution in [0.4, 0.5) is 0 Å². The van der Waals surface area contributed by atoms with Gasteiger partial charge in [0.25, 0.3) is 0 Å². The SMILES string of the molecule is ClC1C(Cl)C(Cl)C(Cl)C(Cl)C1Cl.[Ag]. The minimum Gasteiger partial charge on any atom is -0.120 e. The molecule has 1 radical (unpaired) electrons. The van der Waals surface area contributed by atoms with Crippen LogP contribution >= 0.6 is 69.6 Å². The van der Waals surface area contributed by atoms with Crippen LogP contribution in [0.3, 0.4) is 0 Å². The van der Waals surface area contributed by atoms with E-state index in [1.165, 1.54) is 0 Å². The second-order valence-electron chi connectivity index (χ2n) is 2.67. The molecule has 1 fully saturated rings. The maximum atomic E-state index is 5.88. The van der Waals surface area contributed by atoms with Gasteiger partial charge < -0.3 is 0 Å². The number of hydrogen-bond acceptors (Lipinski definition) is 0. The minimum atomic E-state index is -0.437. The fourth-order valence-corrected chi connectivity index (χ4v) is 3.38. The molecule has 0 amide bonds. The molecule has 0 unspecified atom stereocenters. The average molecular weight is 399 g/mol. The molecule has 1 saturated carbocycles. The summed E-state index contributed by atoms with van der Waals surface area (Å²) in [5, 5.41) is -2.62. The van der Waals surface area contributed by atoms with Gasteiger partial charge in [0, 0.05) is 22.4 Å². The number of hydrogen-bond donors (Lipinski definition) is 0. The molecule has 0 aromatic rings. The Hall–Kier alpha value is 2.48. The van der Waals surface area contributed by atoms with Gasteiger partial charge in [0.15, 0.2) is 0 Å². The Labute approximate surface area is 123 Å². The van der Waals surface area contributed by atoms with Gasteiger partial charge in [0.2, 0.25) is 0 Å². The van der Waals surface area contributed by atoms with Gasteiger partial charge in [-0.3, -0.25) is 0 Å². The van der Waals surface area contributed by atoms with Gasteiger partial charge in [0.05, 0.1) is 32.3 Å². The van der Waals surface area contributed by atoms with E-state index in [0.29, 0.717) is 0 Å². The fraction of sp³-hybridized carbons (Fsp3) is 1.00. The van der Waals surface area contributed by atoms with E-state index in [-0.39, 0.29) is 22.4 Å². The van der Waals surface area contributed by atoms with Crippen molar-refractivity contribution in [3.05, 3.63) is 0 Å². The van der Waals surface area contributed by atoms with Gasteiger partial charge in [0.1, 0.15) is 0 Å². The van der Waals surface area contributed by atoms with Crippen LogP contribution in [0, 0.1) is 0 Å². The Bertz CT molecular complexity index is 109. The topological polar surface area (TPSA) is 0 Å². The van der Waals surface area contributed by atoms with Gasteiger partial charge in [-0.05, 0) is 0 Å². The summed E-state index contributed by atoms with van der Waals surface area (Å²) < 4.78 is 0. The number of alkyl halides is 6. The molecular weight excluding hydrogens is 393 g/mol. The van der Waals surface area contributed by atoms with E-state index < -0.39 is 32.3 Å². The maximum Gasteiger partial charge on any atom is 0.0693 e. The van der Waals surface area contributed by atoms with Crippen molar-refractivity contribution >= 4 is 69.6 Å². The van der Waals surface area contributed by atoms with Crippen molar-refractivity contribution in [2.24, 2.45) is 0 Å². The standard InChI is InChI=1S/C6H6Cl6.Ag/c7-1-2(8)4(10)6(12)5(11)3(1)9;/h1-6H;. The van der Waals surface area contributed by atoms with Crippen LogP contribution in [0.2, 0.25) is 0 Å². The van der Waals surface area contributed by atoms with E-state index in [1.54, 1.807) is 0 Å². The molecule has 0 saturated heterocycles. The van der Waals surface area contributed by atoms with E-state index >= 15 is 0 Å². The van der Waals surface area contributed by atoms with Crippen molar-refractivity contribution in [1.82, 2.24) is 0 Å². The van der Waals surface area contributed by atoms with Crippen molar-refractivity contribution in [2.75, 3.05) is 0 Å². The number of halogens is 6. The Balaban J connectivity index is 0.00000144. The van der Waals surface area contributed by atoms with Crippen LogP contribution in [-0.2, 0) is 22.4 Å². The zero-order valence-corrected chi connectivity index (χ0v) is 12.1. The molecular formula is C6H6AgCl6. The second kappa shape index (κ2) is 6.27.